The second-order valence-electron chi connectivity index (χ2n) is 6.43. The van der Waals surface area contributed by atoms with Crippen LogP contribution in [0.25, 0.3) is 0 Å². The minimum Gasteiger partial charge on any atom is -0.478 e. The van der Waals surface area contributed by atoms with E-state index in [1.54, 1.807) is 13.0 Å². The first-order valence-corrected chi connectivity index (χ1v) is 10.4. The minimum atomic E-state index is -4.04. The Morgan fingerprint density at radius 3 is 2.46 bits per heavy atom. The fourth-order valence-electron chi connectivity index (χ4n) is 2.95. The predicted octanol–water partition coefficient (Wildman–Crippen LogP) is 2.36. The van der Waals surface area contributed by atoms with Crippen LogP contribution in [0.4, 0.5) is 14.6 Å². The van der Waals surface area contributed by atoms with Gasteiger partial charge in [-0.05, 0) is 25.5 Å². The normalized spacial score (nSPS) is 15.6. The number of halogens is 2. The molecular weight excluding hydrogens is 390 g/mol. The predicted molar refractivity (Wildman–Crippen MR) is 99.9 cm³/mol. The number of hydrogen-bond acceptors (Lipinski definition) is 6. The van der Waals surface area contributed by atoms with Gasteiger partial charge in [0.05, 0.1) is 6.61 Å². The van der Waals surface area contributed by atoms with Crippen LogP contribution in [0.3, 0.4) is 0 Å². The molecular formula is C18H22F2N4O3S. The molecule has 28 heavy (non-hydrogen) atoms. The van der Waals surface area contributed by atoms with E-state index in [0.29, 0.717) is 43.3 Å². The van der Waals surface area contributed by atoms with E-state index >= 15 is 0 Å². The van der Waals surface area contributed by atoms with Crippen molar-refractivity contribution in [1.29, 1.82) is 0 Å². The summed E-state index contributed by atoms with van der Waals surface area (Å²) in [6.07, 6.45) is 0.856. The highest BCUT2D eigenvalue weighted by Gasteiger charge is 2.31. The van der Waals surface area contributed by atoms with Crippen LogP contribution in [0.2, 0.25) is 0 Å². The molecule has 0 bridgehead atoms. The highest BCUT2D eigenvalue weighted by Crippen LogP contribution is 2.24. The maximum Gasteiger partial charge on any atom is 0.246 e. The van der Waals surface area contributed by atoms with Crippen LogP contribution in [0.1, 0.15) is 19.2 Å². The fourth-order valence-corrected chi connectivity index (χ4v) is 4.42. The van der Waals surface area contributed by atoms with E-state index in [9.17, 15) is 17.2 Å². The molecule has 0 amide bonds. The van der Waals surface area contributed by atoms with E-state index < -0.39 is 26.6 Å². The molecule has 0 saturated carbocycles. The van der Waals surface area contributed by atoms with E-state index in [0.717, 1.165) is 18.6 Å². The SMILES string of the molecule is CCCOc1cc(N2CCN(S(=O)(=O)c3ccc(F)cc3F)CC2)nc(C)n1. The van der Waals surface area contributed by atoms with Gasteiger partial charge in [0.1, 0.15) is 28.2 Å². The lowest BCUT2D eigenvalue weighted by Gasteiger charge is -2.34. The Labute approximate surface area is 163 Å². The number of nitrogens with zero attached hydrogens (tertiary/aromatic N) is 4. The van der Waals surface area contributed by atoms with E-state index in [4.69, 9.17) is 4.74 Å². The Hall–Kier alpha value is -2.33. The van der Waals surface area contributed by atoms with Gasteiger partial charge in [0.15, 0.2) is 0 Å². The summed E-state index contributed by atoms with van der Waals surface area (Å²) in [4.78, 5) is 10.1. The van der Waals surface area contributed by atoms with Crippen molar-refractivity contribution in [3.63, 3.8) is 0 Å². The number of anilines is 1. The topological polar surface area (TPSA) is 75.6 Å². The lowest BCUT2D eigenvalue weighted by atomic mass is 10.3. The van der Waals surface area contributed by atoms with Crippen molar-refractivity contribution >= 4 is 15.8 Å². The number of hydrogen-bond donors (Lipinski definition) is 0. The maximum atomic E-state index is 13.9. The highest BCUT2D eigenvalue weighted by molar-refractivity contribution is 7.89. The first-order chi connectivity index (χ1) is 13.3. The number of aryl methyl sites for hydroxylation is 1. The third-order valence-electron chi connectivity index (χ3n) is 4.33. The van der Waals surface area contributed by atoms with E-state index in [1.165, 1.54) is 4.31 Å². The summed E-state index contributed by atoms with van der Waals surface area (Å²) in [5.74, 6) is -0.212. The van der Waals surface area contributed by atoms with E-state index in [2.05, 4.69) is 9.97 Å². The van der Waals surface area contributed by atoms with Crippen LogP contribution in [0.15, 0.2) is 29.2 Å². The summed E-state index contributed by atoms with van der Waals surface area (Å²) in [6, 6.07) is 4.20. The van der Waals surface area contributed by atoms with Crippen molar-refractivity contribution in [1.82, 2.24) is 14.3 Å². The number of piperazine rings is 1. The van der Waals surface area contributed by atoms with Crippen LogP contribution in [-0.4, -0.2) is 55.5 Å². The van der Waals surface area contributed by atoms with Gasteiger partial charge in [-0.1, -0.05) is 6.92 Å². The summed E-state index contributed by atoms with van der Waals surface area (Å²) >= 11 is 0. The molecule has 0 N–H and O–H groups in total. The molecule has 0 radical (unpaired) electrons. The maximum absolute atomic E-state index is 13.9. The van der Waals surface area contributed by atoms with Gasteiger partial charge in [0.2, 0.25) is 15.9 Å². The molecule has 2 aromatic rings. The van der Waals surface area contributed by atoms with Crippen molar-refractivity contribution in [3.05, 3.63) is 41.7 Å². The summed E-state index contributed by atoms with van der Waals surface area (Å²) < 4.78 is 59.2. The van der Waals surface area contributed by atoms with Gasteiger partial charge in [0.25, 0.3) is 0 Å². The van der Waals surface area contributed by atoms with Crippen molar-refractivity contribution in [2.24, 2.45) is 0 Å². The fraction of sp³-hybridized carbons (Fsp3) is 0.444. The Morgan fingerprint density at radius 2 is 1.82 bits per heavy atom. The Morgan fingerprint density at radius 1 is 1.11 bits per heavy atom. The van der Waals surface area contributed by atoms with Gasteiger partial charge in [0, 0.05) is 38.3 Å². The minimum absolute atomic E-state index is 0.160. The molecule has 10 heteroatoms. The van der Waals surface area contributed by atoms with Crippen LogP contribution in [-0.2, 0) is 10.0 Å². The molecule has 0 aliphatic carbocycles. The van der Waals surface area contributed by atoms with Crippen molar-refractivity contribution < 1.29 is 21.9 Å². The van der Waals surface area contributed by atoms with Crippen LogP contribution >= 0.6 is 0 Å². The van der Waals surface area contributed by atoms with Crippen LogP contribution in [0, 0.1) is 18.6 Å². The van der Waals surface area contributed by atoms with Gasteiger partial charge < -0.3 is 9.64 Å². The quantitative estimate of drug-likeness (QED) is 0.725. The summed E-state index contributed by atoms with van der Waals surface area (Å²) in [6.45, 7) is 5.39. The third-order valence-corrected chi connectivity index (χ3v) is 6.26. The molecule has 3 rings (SSSR count). The second-order valence-corrected chi connectivity index (χ2v) is 8.33. The molecule has 0 unspecified atom stereocenters. The molecule has 7 nitrogen and oxygen atoms in total. The number of aromatic nitrogens is 2. The number of rotatable bonds is 6. The smallest absolute Gasteiger partial charge is 0.246 e. The van der Waals surface area contributed by atoms with Crippen molar-refractivity contribution in [3.8, 4) is 5.88 Å². The van der Waals surface area contributed by atoms with E-state index in [1.807, 2.05) is 11.8 Å². The Balaban J connectivity index is 1.73. The zero-order chi connectivity index (χ0) is 20.3. The number of benzene rings is 1. The zero-order valence-electron chi connectivity index (χ0n) is 15.7. The standard InChI is InChI=1S/C18H22F2N4O3S/c1-3-10-27-18-12-17(21-13(2)22-18)23-6-8-24(9-7-23)28(25,26)16-5-4-14(19)11-15(16)20/h4-5,11-12H,3,6-10H2,1-2H3. The van der Waals surface area contributed by atoms with Crippen molar-refractivity contribution in [2.45, 2.75) is 25.2 Å². The number of ether oxygens (including phenoxy) is 1. The van der Waals surface area contributed by atoms with E-state index in [-0.39, 0.29) is 13.1 Å². The first kappa shape index (κ1) is 20.4. The molecule has 1 aliphatic rings. The Kier molecular flexibility index (Phi) is 6.09. The molecule has 1 aromatic heterocycles. The molecule has 0 atom stereocenters. The third kappa shape index (κ3) is 4.39. The van der Waals surface area contributed by atoms with Gasteiger partial charge in [-0.15, -0.1) is 0 Å². The molecule has 1 aromatic carbocycles. The average Bonchev–Trinajstić information content (AvgIpc) is 2.65. The Bertz CT molecular complexity index is 948. The molecule has 0 spiro atoms. The molecule has 2 heterocycles. The molecule has 1 fully saturated rings. The largest absolute Gasteiger partial charge is 0.478 e. The monoisotopic (exact) mass is 412 g/mol. The lowest BCUT2D eigenvalue weighted by molar-refractivity contribution is 0.303. The van der Waals surface area contributed by atoms with Gasteiger partial charge in [-0.2, -0.15) is 9.29 Å². The van der Waals surface area contributed by atoms with Crippen LogP contribution < -0.4 is 9.64 Å². The van der Waals surface area contributed by atoms with Gasteiger partial charge >= 0.3 is 0 Å². The zero-order valence-corrected chi connectivity index (χ0v) is 16.5. The number of sulfonamides is 1. The lowest BCUT2D eigenvalue weighted by Crippen LogP contribution is -2.49. The second kappa shape index (κ2) is 8.36. The summed E-state index contributed by atoms with van der Waals surface area (Å²) in [5.41, 5.74) is 0. The summed E-state index contributed by atoms with van der Waals surface area (Å²) in [7, 11) is -4.04. The van der Waals surface area contributed by atoms with Crippen molar-refractivity contribution in [2.75, 3.05) is 37.7 Å². The van der Waals surface area contributed by atoms with Gasteiger partial charge in [-0.25, -0.2) is 22.2 Å². The summed E-state index contributed by atoms with van der Waals surface area (Å²) in [5, 5.41) is 0. The molecule has 1 saturated heterocycles. The first-order valence-electron chi connectivity index (χ1n) is 9.00. The molecule has 1 aliphatic heterocycles. The average molecular weight is 412 g/mol. The highest BCUT2D eigenvalue weighted by atomic mass is 32.2. The van der Waals surface area contributed by atoms with Crippen LogP contribution in [0.5, 0.6) is 5.88 Å². The molecule has 152 valence electrons. The van der Waals surface area contributed by atoms with Gasteiger partial charge in [-0.3, -0.25) is 0 Å².